The fourth-order valence-corrected chi connectivity index (χ4v) is 9.72. The number of unbranched alkanes of at least 4 members (excludes halogenated alkanes) is 36. The fraction of sp³-hybridized carbons (Fsp3) is 0.857. The van der Waals surface area contributed by atoms with Gasteiger partial charge in [0.05, 0.1) is 25.4 Å². The molecule has 1 rings (SSSR count). The molecule has 0 bridgehead atoms. The summed E-state index contributed by atoms with van der Waals surface area (Å²) in [4.78, 5) is 13.1. The number of aliphatic hydroxyl groups excluding tert-OH is 6. The van der Waals surface area contributed by atoms with Gasteiger partial charge in [-0.3, -0.25) is 4.79 Å². The predicted molar refractivity (Wildman–Crippen MR) is 305 cm³/mol. The molecule has 8 unspecified atom stereocenters. The summed E-state index contributed by atoms with van der Waals surface area (Å²) in [5.74, 6) is -0.628. The molecule has 0 aliphatic carbocycles. The number of ether oxygens (including phenoxy) is 2. The number of hydrogen-bond donors (Lipinski definition) is 7. The van der Waals surface area contributed by atoms with Crippen molar-refractivity contribution in [1.82, 2.24) is 5.32 Å². The number of carbonyl (C=O) groups excluding carboxylic acids is 1. The van der Waals surface area contributed by atoms with Gasteiger partial charge in [-0.15, -0.1) is 0 Å². The average Bonchev–Trinajstić information content (AvgIpc) is 3.39. The van der Waals surface area contributed by atoms with Gasteiger partial charge in [0.25, 0.3) is 0 Å². The molecular formula is C63H117NO9. The van der Waals surface area contributed by atoms with E-state index in [4.69, 9.17) is 9.47 Å². The van der Waals surface area contributed by atoms with Crippen LogP contribution in [0, 0.1) is 0 Å². The van der Waals surface area contributed by atoms with Gasteiger partial charge in [0.15, 0.2) is 6.29 Å². The zero-order chi connectivity index (χ0) is 53.1. The molecule has 1 aliphatic heterocycles. The molecule has 8 atom stereocenters. The van der Waals surface area contributed by atoms with Crippen LogP contribution in [0.3, 0.4) is 0 Å². The minimum Gasteiger partial charge on any atom is -0.394 e. The summed E-state index contributed by atoms with van der Waals surface area (Å²) in [6.45, 7) is 3.61. The maximum Gasteiger partial charge on any atom is 0.249 e. The standard InChI is InChI=1S/C63H117NO9/c1-3-5-7-9-11-13-15-17-19-21-22-23-24-25-26-27-28-29-30-31-32-33-34-36-38-40-42-44-46-48-50-52-57(67)62(71)64-55(54-72-63-61(70)60(69)59(68)58(53-65)73-63)56(66)51-49-47-45-43-41-39-37-35-20-18-16-14-12-10-8-6-4-2/h20,25-26,35,41,43,49,51,55-61,63,65-70H,3-19,21-24,27-34,36-40,42,44-48,50,52-54H2,1-2H3,(H,64,71)/b26-25-,35-20+,43-41+,51-49+. The maximum absolute atomic E-state index is 13.1. The van der Waals surface area contributed by atoms with Crippen molar-refractivity contribution in [3.63, 3.8) is 0 Å². The third-order valence-corrected chi connectivity index (χ3v) is 14.7. The summed E-state index contributed by atoms with van der Waals surface area (Å²) < 4.78 is 11.2. The number of amides is 1. The van der Waals surface area contributed by atoms with Gasteiger partial charge in [0, 0.05) is 0 Å². The van der Waals surface area contributed by atoms with Crippen LogP contribution < -0.4 is 5.32 Å². The van der Waals surface area contributed by atoms with Crippen molar-refractivity contribution in [3.8, 4) is 0 Å². The molecule has 0 saturated carbocycles. The van der Waals surface area contributed by atoms with E-state index in [-0.39, 0.29) is 6.61 Å². The number of allylic oxidation sites excluding steroid dienone is 7. The van der Waals surface area contributed by atoms with E-state index in [1.165, 1.54) is 205 Å². The normalized spacial score (nSPS) is 19.8. The Hall–Kier alpha value is -1.89. The Morgan fingerprint density at radius 3 is 1.19 bits per heavy atom. The molecule has 0 aromatic heterocycles. The van der Waals surface area contributed by atoms with E-state index < -0.39 is 61.5 Å². The molecule has 1 saturated heterocycles. The molecule has 1 fully saturated rings. The molecule has 7 N–H and O–H groups in total. The summed E-state index contributed by atoms with van der Waals surface area (Å²) in [5.41, 5.74) is 0. The zero-order valence-corrected chi connectivity index (χ0v) is 47.3. The van der Waals surface area contributed by atoms with E-state index in [9.17, 15) is 35.4 Å². The van der Waals surface area contributed by atoms with E-state index in [0.29, 0.717) is 19.3 Å². The van der Waals surface area contributed by atoms with Gasteiger partial charge in [-0.25, -0.2) is 0 Å². The maximum atomic E-state index is 13.1. The Labute approximate surface area is 448 Å². The monoisotopic (exact) mass is 1030 g/mol. The van der Waals surface area contributed by atoms with Crippen molar-refractivity contribution in [3.05, 3.63) is 48.6 Å². The highest BCUT2D eigenvalue weighted by atomic mass is 16.7. The molecular weight excluding hydrogens is 915 g/mol. The minimum atomic E-state index is -1.62. The SMILES string of the molecule is CCCCCCCCC/C=C/CC/C=C/CC/C=C/C(O)C(COC1OC(CO)C(O)C(O)C1O)NC(=O)C(O)CCCCCCCCCCCCCCCCC/C=C\CCCCCCCCCCCCCC. The Bertz CT molecular complexity index is 1310. The van der Waals surface area contributed by atoms with Crippen LogP contribution in [-0.4, -0.2) is 98.7 Å². The first-order chi connectivity index (χ1) is 35.8. The van der Waals surface area contributed by atoms with Crippen LogP contribution in [0.2, 0.25) is 0 Å². The van der Waals surface area contributed by atoms with Crippen molar-refractivity contribution in [2.45, 2.75) is 332 Å². The lowest BCUT2D eigenvalue weighted by Crippen LogP contribution is -2.60. The summed E-state index contributed by atoms with van der Waals surface area (Å²) in [6, 6.07) is -1.00. The van der Waals surface area contributed by atoms with Gasteiger partial charge in [-0.05, 0) is 70.6 Å². The van der Waals surface area contributed by atoms with Crippen LogP contribution in [0.1, 0.15) is 284 Å². The Balaban J connectivity index is 2.20. The second kappa shape index (κ2) is 52.2. The summed E-state index contributed by atoms with van der Waals surface area (Å²) >= 11 is 0. The van der Waals surface area contributed by atoms with Crippen molar-refractivity contribution in [2.24, 2.45) is 0 Å². The Morgan fingerprint density at radius 2 is 0.808 bits per heavy atom. The van der Waals surface area contributed by atoms with Gasteiger partial charge >= 0.3 is 0 Å². The van der Waals surface area contributed by atoms with Crippen molar-refractivity contribution < 1.29 is 44.9 Å². The lowest BCUT2D eigenvalue weighted by Gasteiger charge is -2.40. The molecule has 0 aromatic rings. The Morgan fingerprint density at radius 1 is 0.466 bits per heavy atom. The zero-order valence-electron chi connectivity index (χ0n) is 47.3. The smallest absolute Gasteiger partial charge is 0.249 e. The third-order valence-electron chi connectivity index (χ3n) is 14.7. The molecule has 10 nitrogen and oxygen atoms in total. The number of carbonyl (C=O) groups is 1. The van der Waals surface area contributed by atoms with Gasteiger partial charge in [0.2, 0.25) is 5.91 Å². The minimum absolute atomic E-state index is 0.302. The molecule has 0 spiro atoms. The molecule has 73 heavy (non-hydrogen) atoms. The van der Waals surface area contributed by atoms with Crippen LogP contribution >= 0.6 is 0 Å². The highest BCUT2D eigenvalue weighted by Gasteiger charge is 2.44. The van der Waals surface area contributed by atoms with Crippen LogP contribution in [0.5, 0.6) is 0 Å². The molecule has 1 heterocycles. The van der Waals surface area contributed by atoms with Crippen molar-refractivity contribution >= 4 is 5.91 Å². The summed E-state index contributed by atoms with van der Waals surface area (Å²) in [5, 5.41) is 65.1. The highest BCUT2D eigenvalue weighted by Crippen LogP contribution is 2.23. The van der Waals surface area contributed by atoms with E-state index in [1.807, 2.05) is 6.08 Å². The molecule has 10 heteroatoms. The first-order valence-corrected chi connectivity index (χ1v) is 31.0. The quantitative estimate of drug-likeness (QED) is 0.0232. The van der Waals surface area contributed by atoms with Gasteiger partial charge in [-0.1, -0.05) is 262 Å². The topological polar surface area (TPSA) is 169 Å². The third kappa shape index (κ3) is 41.0. The van der Waals surface area contributed by atoms with Crippen LogP contribution in [0.4, 0.5) is 0 Å². The average molecular weight is 1030 g/mol. The Kier molecular flexibility index (Phi) is 49.4. The molecule has 428 valence electrons. The number of hydrogen-bond acceptors (Lipinski definition) is 9. The van der Waals surface area contributed by atoms with Crippen LogP contribution in [-0.2, 0) is 14.3 Å². The van der Waals surface area contributed by atoms with Crippen molar-refractivity contribution in [2.75, 3.05) is 13.2 Å². The molecule has 0 aromatic carbocycles. The van der Waals surface area contributed by atoms with Crippen LogP contribution in [0.25, 0.3) is 0 Å². The van der Waals surface area contributed by atoms with E-state index >= 15 is 0 Å². The number of rotatable bonds is 53. The van der Waals surface area contributed by atoms with Gasteiger partial charge < -0.3 is 45.4 Å². The van der Waals surface area contributed by atoms with E-state index in [0.717, 1.165) is 44.9 Å². The van der Waals surface area contributed by atoms with Crippen molar-refractivity contribution in [1.29, 1.82) is 0 Å². The number of nitrogens with one attached hydrogen (secondary N) is 1. The second-order valence-corrected chi connectivity index (χ2v) is 21.6. The van der Waals surface area contributed by atoms with E-state index in [1.54, 1.807) is 6.08 Å². The van der Waals surface area contributed by atoms with Gasteiger partial charge in [0.1, 0.15) is 30.5 Å². The van der Waals surface area contributed by atoms with E-state index in [2.05, 4.69) is 55.6 Å². The molecule has 1 amide bonds. The largest absolute Gasteiger partial charge is 0.394 e. The lowest BCUT2D eigenvalue weighted by molar-refractivity contribution is -0.302. The molecule has 1 aliphatic rings. The second-order valence-electron chi connectivity index (χ2n) is 21.6. The molecule has 0 radical (unpaired) electrons. The van der Waals surface area contributed by atoms with Crippen LogP contribution in [0.15, 0.2) is 48.6 Å². The predicted octanol–water partition coefficient (Wildman–Crippen LogP) is 14.7. The highest BCUT2D eigenvalue weighted by molar-refractivity contribution is 5.80. The summed E-state index contributed by atoms with van der Waals surface area (Å²) in [6.07, 6.45) is 59.5. The fourth-order valence-electron chi connectivity index (χ4n) is 9.72. The first-order valence-electron chi connectivity index (χ1n) is 31.0. The first kappa shape index (κ1) is 69.1. The van der Waals surface area contributed by atoms with Gasteiger partial charge in [-0.2, -0.15) is 0 Å². The number of aliphatic hydroxyl groups is 6. The lowest BCUT2D eigenvalue weighted by atomic mass is 9.99. The summed E-state index contributed by atoms with van der Waals surface area (Å²) in [7, 11) is 0.